The molecular weight excluding hydrogens is 295 g/mol. The van der Waals surface area contributed by atoms with Gasteiger partial charge in [-0.25, -0.2) is 0 Å². The summed E-state index contributed by atoms with van der Waals surface area (Å²) in [6, 6.07) is 4.34. The van der Waals surface area contributed by atoms with Crippen LogP contribution in [0.3, 0.4) is 0 Å². The SMILES string of the molecule is O=C(c1ccc(C(F)(F)F)cc1)N1CCN=C1N1CCCC1. The van der Waals surface area contributed by atoms with Gasteiger partial charge in [-0.3, -0.25) is 14.7 Å². The van der Waals surface area contributed by atoms with Crippen LogP contribution in [0.2, 0.25) is 0 Å². The molecule has 0 atom stereocenters. The molecule has 2 aliphatic rings. The molecule has 1 saturated heterocycles. The largest absolute Gasteiger partial charge is 0.416 e. The minimum atomic E-state index is -4.39. The summed E-state index contributed by atoms with van der Waals surface area (Å²) in [5.41, 5.74) is -0.499. The number of carbonyl (C=O) groups excluding carboxylic acids is 1. The summed E-state index contributed by atoms with van der Waals surface area (Å²) in [4.78, 5) is 20.5. The normalized spacial score (nSPS) is 18.8. The number of rotatable bonds is 1. The fourth-order valence-electron chi connectivity index (χ4n) is 2.77. The first kappa shape index (κ1) is 14.9. The average molecular weight is 311 g/mol. The van der Waals surface area contributed by atoms with Gasteiger partial charge in [-0.2, -0.15) is 13.2 Å². The minimum absolute atomic E-state index is 0.252. The lowest BCUT2D eigenvalue weighted by Crippen LogP contribution is -2.43. The standard InChI is InChI=1S/C15H16F3N3O/c16-15(17,18)12-5-3-11(4-6-12)13(22)21-10-7-19-14(21)20-8-1-2-9-20/h3-6H,1-2,7-10H2. The Balaban J connectivity index is 1.77. The van der Waals surface area contributed by atoms with E-state index in [4.69, 9.17) is 0 Å². The highest BCUT2D eigenvalue weighted by atomic mass is 19.4. The fourth-order valence-corrected chi connectivity index (χ4v) is 2.77. The van der Waals surface area contributed by atoms with E-state index in [-0.39, 0.29) is 11.5 Å². The summed E-state index contributed by atoms with van der Waals surface area (Å²) >= 11 is 0. The zero-order valence-electron chi connectivity index (χ0n) is 11.9. The van der Waals surface area contributed by atoms with Crippen molar-refractivity contribution in [1.82, 2.24) is 9.80 Å². The third-order valence-corrected chi connectivity index (χ3v) is 3.91. The third-order valence-electron chi connectivity index (χ3n) is 3.91. The quantitative estimate of drug-likeness (QED) is 0.799. The lowest BCUT2D eigenvalue weighted by molar-refractivity contribution is -0.137. The molecule has 2 aliphatic heterocycles. The molecule has 0 spiro atoms. The van der Waals surface area contributed by atoms with Crippen LogP contribution >= 0.6 is 0 Å². The molecule has 2 heterocycles. The summed E-state index contributed by atoms with van der Waals surface area (Å²) in [5.74, 6) is 0.360. The minimum Gasteiger partial charge on any atom is -0.342 e. The van der Waals surface area contributed by atoms with Crippen LogP contribution in [0.25, 0.3) is 0 Å². The van der Waals surface area contributed by atoms with E-state index >= 15 is 0 Å². The molecule has 3 rings (SSSR count). The van der Waals surface area contributed by atoms with Gasteiger partial charge in [0.15, 0.2) is 0 Å². The van der Waals surface area contributed by atoms with Gasteiger partial charge in [0.1, 0.15) is 0 Å². The second-order valence-electron chi connectivity index (χ2n) is 5.41. The smallest absolute Gasteiger partial charge is 0.342 e. The Labute approximate surface area is 126 Å². The Hall–Kier alpha value is -2.05. The predicted molar refractivity (Wildman–Crippen MR) is 75.6 cm³/mol. The van der Waals surface area contributed by atoms with Gasteiger partial charge in [-0.05, 0) is 37.1 Å². The Morgan fingerprint density at radius 1 is 1.05 bits per heavy atom. The number of amides is 1. The number of benzene rings is 1. The van der Waals surface area contributed by atoms with Crippen molar-refractivity contribution in [1.29, 1.82) is 0 Å². The van der Waals surface area contributed by atoms with Crippen molar-refractivity contribution in [2.24, 2.45) is 4.99 Å². The summed E-state index contributed by atoms with van der Waals surface area (Å²) in [7, 11) is 0. The molecule has 1 aromatic rings. The van der Waals surface area contributed by atoms with Gasteiger partial charge >= 0.3 is 6.18 Å². The summed E-state index contributed by atoms with van der Waals surface area (Å²) in [6.07, 6.45) is -2.25. The molecule has 0 saturated carbocycles. The Bertz CT molecular complexity index is 589. The molecule has 0 radical (unpaired) electrons. The number of likely N-dealkylation sites (tertiary alicyclic amines) is 1. The lowest BCUT2D eigenvalue weighted by atomic mass is 10.1. The summed E-state index contributed by atoms with van der Waals surface area (Å²) < 4.78 is 37.7. The molecule has 118 valence electrons. The molecule has 1 amide bonds. The van der Waals surface area contributed by atoms with Crippen molar-refractivity contribution in [2.45, 2.75) is 19.0 Å². The third kappa shape index (κ3) is 2.80. The Morgan fingerprint density at radius 2 is 1.68 bits per heavy atom. The van der Waals surface area contributed by atoms with Crippen molar-refractivity contribution < 1.29 is 18.0 Å². The van der Waals surface area contributed by atoms with Crippen LogP contribution in [-0.4, -0.2) is 47.8 Å². The molecule has 1 fully saturated rings. The second kappa shape index (κ2) is 5.62. The van der Waals surface area contributed by atoms with Gasteiger partial charge in [-0.15, -0.1) is 0 Å². The van der Waals surface area contributed by atoms with Crippen LogP contribution < -0.4 is 0 Å². The molecule has 0 aliphatic carbocycles. The number of nitrogens with zero attached hydrogens (tertiary/aromatic N) is 3. The van der Waals surface area contributed by atoms with Gasteiger partial charge in [-0.1, -0.05) is 0 Å². The molecule has 1 aromatic carbocycles. The molecular formula is C15H16F3N3O. The van der Waals surface area contributed by atoms with E-state index in [1.165, 1.54) is 12.1 Å². The predicted octanol–water partition coefficient (Wildman–Crippen LogP) is 2.61. The number of alkyl halides is 3. The van der Waals surface area contributed by atoms with Crippen LogP contribution in [0.4, 0.5) is 13.2 Å². The van der Waals surface area contributed by atoms with Crippen molar-refractivity contribution in [3.8, 4) is 0 Å². The van der Waals surface area contributed by atoms with Crippen LogP contribution in [0.15, 0.2) is 29.3 Å². The van der Waals surface area contributed by atoms with Gasteiger partial charge in [0.05, 0.1) is 12.1 Å². The second-order valence-corrected chi connectivity index (χ2v) is 5.41. The van der Waals surface area contributed by atoms with E-state index in [9.17, 15) is 18.0 Å². The van der Waals surface area contributed by atoms with E-state index in [1.54, 1.807) is 4.90 Å². The van der Waals surface area contributed by atoms with Crippen molar-refractivity contribution >= 4 is 11.9 Å². The zero-order valence-corrected chi connectivity index (χ0v) is 11.9. The molecule has 0 bridgehead atoms. The van der Waals surface area contributed by atoms with E-state index in [0.29, 0.717) is 19.0 Å². The number of guanidine groups is 1. The topological polar surface area (TPSA) is 35.9 Å². The number of carbonyl (C=O) groups is 1. The van der Waals surface area contributed by atoms with Gasteiger partial charge < -0.3 is 4.90 Å². The van der Waals surface area contributed by atoms with E-state index in [2.05, 4.69) is 9.89 Å². The van der Waals surface area contributed by atoms with Gasteiger partial charge in [0, 0.05) is 25.2 Å². The van der Waals surface area contributed by atoms with E-state index < -0.39 is 11.7 Å². The number of hydrogen-bond acceptors (Lipinski definition) is 3. The highest BCUT2D eigenvalue weighted by Crippen LogP contribution is 2.29. The van der Waals surface area contributed by atoms with E-state index in [1.807, 2.05) is 0 Å². The zero-order chi connectivity index (χ0) is 15.7. The van der Waals surface area contributed by atoms with Crippen molar-refractivity contribution in [3.05, 3.63) is 35.4 Å². The van der Waals surface area contributed by atoms with Crippen LogP contribution in [0.5, 0.6) is 0 Å². The fraction of sp³-hybridized carbons (Fsp3) is 0.467. The van der Waals surface area contributed by atoms with Crippen LogP contribution in [0, 0.1) is 0 Å². The monoisotopic (exact) mass is 311 g/mol. The highest BCUT2D eigenvalue weighted by molar-refractivity contribution is 6.06. The molecule has 7 heteroatoms. The first-order chi connectivity index (χ1) is 10.5. The number of hydrogen-bond donors (Lipinski definition) is 0. The molecule has 4 nitrogen and oxygen atoms in total. The number of aliphatic imine (C=N–C) groups is 1. The maximum atomic E-state index is 12.6. The molecule has 0 aromatic heterocycles. The first-order valence-electron chi connectivity index (χ1n) is 7.25. The van der Waals surface area contributed by atoms with Crippen molar-refractivity contribution in [3.63, 3.8) is 0 Å². The molecule has 0 unspecified atom stereocenters. The van der Waals surface area contributed by atoms with Crippen LogP contribution in [-0.2, 0) is 6.18 Å². The highest BCUT2D eigenvalue weighted by Gasteiger charge is 2.32. The van der Waals surface area contributed by atoms with Gasteiger partial charge in [0.25, 0.3) is 5.91 Å². The molecule has 22 heavy (non-hydrogen) atoms. The van der Waals surface area contributed by atoms with E-state index in [0.717, 1.165) is 38.1 Å². The Morgan fingerprint density at radius 3 is 2.27 bits per heavy atom. The van der Waals surface area contributed by atoms with Crippen molar-refractivity contribution in [2.75, 3.05) is 26.2 Å². The lowest BCUT2D eigenvalue weighted by Gasteiger charge is -2.26. The number of halogens is 3. The van der Waals surface area contributed by atoms with Crippen LogP contribution in [0.1, 0.15) is 28.8 Å². The average Bonchev–Trinajstić information content (AvgIpc) is 3.16. The summed E-state index contributed by atoms with van der Waals surface area (Å²) in [5, 5.41) is 0. The molecule has 0 N–H and O–H groups in total. The summed E-state index contributed by atoms with van der Waals surface area (Å²) in [6.45, 7) is 2.76. The Kier molecular flexibility index (Phi) is 3.80. The first-order valence-corrected chi connectivity index (χ1v) is 7.25. The van der Waals surface area contributed by atoms with Gasteiger partial charge in [0.2, 0.25) is 5.96 Å². The maximum Gasteiger partial charge on any atom is 0.416 e. The maximum absolute atomic E-state index is 12.6.